The monoisotopic (exact) mass is 287 g/mol. The number of methoxy groups -OCH3 is 2. The van der Waals surface area contributed by atoms with Crippen LogP contribution in [0.25, 0.3) is 11.0 Å². The molecule has 0 unspecified atom stereocenters. The molecular formula is C11H14ClN3O4. The average Bonchev–Trinajstić information content (AvgIpc) is 2.80. The summed E-state index contributed by atoms with van der Waals surface area (Å²) in [6.45, 7) is 0. The van der Waals surface area contributed by atoms with E-state index < -0.39 is 0 Å². The molecule has 7 nitrogen and oxygen atoms in total. The first-order valence-corrected chi connectivity index (χ1v) is 5.17. The molecule has 104 valence electrons. The predicted octanol–water partition coefficient (Wildman–Crippen LogP) is 1.56. The largest absolute Gasteiger partial charge is 0.493 e. The van der Waals surface area contributed by atoms with Gasteiger partial charge in [-0.25, -0.2) is 0 Å². The van der Waals surface area contributed by atoms with E-state index in [1.54, 1.807) is 12.1 Å². The number of fused-ring (bicyclic) bond motifs is 1. The molecule has 0 atom stereocenters. The van der Waals surface area contributed by atoms with E-state index in [4.69, 9.17) is 24.9 Å². The number of ether oxygens (including phenoxy) is 2. The molecule has 1 aromatic carbocycles. The number of nitrogens with two attached hydrogens (primary N) is 1. The molecule has 0 radical (unpaired) electrons. The quantitative estimate of drug-likeness (QED) is 0.383. The highest BCUT2D eigenvalue weighted by Gasteiger charge is 2.17. The first kappa shape index (κ1) is 14.9. The van der Waals surface area contributed by atoms with Crippen LogP contribution in [0.2, 0.25) is 0 Å². The maximum atomic E-state index is 8.55. The lowest BCUT2D eigenvalue weighted by molar-refractivity contribution is 0.317. The normalized spacial score (nSPS) is 11.2. The van der Waals surface area contributed by atoms with Crippen molar-refractivity contribution in [2.45, 2.75) is 6.42 Å². The van der Waals surface area contributed by atoms with Gasteiger partial charge in [0.05, 0.1) is 26.3 Å². The topological polar surface area (TPSA) is 103 Å². The summed E-state index contributed by atoms with van der Waals surface area (Å²) in [7, 11) is 3.06. The zero-order chi connectivity index (χ0) is 13.1. The Kier molecular flexibility index (Phi) is 4.82. The van der Waals surface area contributed by atoms with Gasteiger partial charge in [-0.1, -0.05) is 10.3 Å². The molecule has 0 amide bonds. The number of rotatable bonds is 4. The highest BCUT2D eigenvalue weighted by Crippen LogP contribution is 2.36. The number of nitrogens with zero attached hydrogens (tertiary/aromatic N) is 2. The Morgan fingerprint density at radius 2 is 2.16 bits per heavy atom. The maximum Gasteiger partial charge on any atom is 0.212 e. The van der Waals surface area contributed by atoms with Gasteiger partial charge < -0.3 is 24.9 Å². The van der Waals surface area contributed by atoms with Gasteiger partial charge >= 0.3 is 0 Å². The fraction of sp³-hybridized carbons (Fsp3) is 0.273. The van der Waals surface area contributed by atoms with Crippen molar-refractivity contribution < 1.29 is 19.2 Å². The van der Waals surface area contributed by atoms with E-state index in [0.29, 0.717) is 22.8 Å². The Morgan fingerprint density at radius 1 is 1.42 bits per heavy atom. The number of hydrogen-bond acceptors (Lipinski definition) is 6. The van der Waals surface area contributed by atoms with Crippen LogP contribution in [-0.4, -0.2) is 30.4 Å². The molecule has 0 aliphatic rings. The van der Waals surface area contributed by atoms with Gasteiger partial charge in [0.2, 0.25) is 11.3 Å². The van der Waals surface area contributed by atoms with Crippen molar-refractivity contribution in [1.29, 1.82) is 0 Å². The number of hydrogen-bond donors (Lipinski definition) is 2. The van der Waals surface area contributed by atoms with Crippen LogP contribution in [-0.2, 0) is 6.42 Å². The lowest BCUT2D eigenvalue weighted by Gasteiger charge is -2.06. The molecule has 0 aliphatic heterocycles. The highest BCUT2D eigenvalue weighted by molar-refractivity contribution is 5.91. The van der Waals surface area contributed by atoms with Crippen molar-refractivity contribution in [3.8, 4) is 11.5 Å². The summed E-state index contributed by atoms with van der Waals surface area (Å²) in [6.07, 6.45) is 0.193. The lowest BCUT2D eigenvalue weighted by atomic mass is 10.1. The molecule has 0 spiro atoms. The molecule has 0 aliphatic carbocycles. The Balaban J connectivity index is 0.00000180. The maximum absolute atomic E-state index is 8.55. The molecule has 19 heavy (non-hydrogen) atoms. The van der Waals surface area contributed by atoms with E-state index in [1.807, 2.05) is 0 Å². The van der Waals surface area contributed by atoms with Gasteiger partial charge in [-0.05, 0) is 12.1 Å². The number of oxime groups is 1. The number of benzene rings is 1. The molecule has 1 heterocycles. The van der Waals surface area contributed by atoms with Crippen LogP contribution in [0.3, 0.4) is 0 Å². The van der Waals surface area contributed by atoms with Gasteiger partial charge in [0.15, 0.2) is 5.75 Å². The van der Waals surface area contributed by atoms with E-state index in [1.165, 1.54) is 14.2 Å². The van der Waals surface area contributed by atoms with Crippen LogP contribution in [0.4, 0.5) is 0 Å². The SMILES string of the molecule is COc1ccc2c(CC(N)=NO)noc2c1OC.Cl. The second-order valence-electron chi connectivity index (χ2n) is 3.58. The minimum Gasteiger partial charge on any atom is -0.493 e. The second-order valence-corrected chi connectivity index (χ2v) is 3.58. The fourth-order valence-corrected chi connectivity index (χ4v) is 1.70. The van der Waals surface area contributed by atoms with Gasteiger partial charge in [0, 0.05) is 5.39 Å². The van der Waals surface area contributed by atoms with Crippen molar-refractivity contribution in [2.75, 3.05) is 14.2 Å². The van der Waals surface area contributed by atoms with Crippen LogP contribution in [0, 0.1) is 0 Å². The average molecular weight is 288 g/mol. The van der Waals surface area contributed by atoms with Crippen LogP contribution < -0.4 is 15.2 Å². The van der Waals surface area contributed by atoms with Gasteiger partial charge in [0.25, 0.3) is 0 Å². The smallest absolute Gasteiger partial charge is 0.212 e. The van der Waals surface area contributed by atoms with Gasteiger partial charge in [-0.15, -0.1) is 12.4 Å². The summed E-state index contributed by atoms with van der Waals surface area (Å²) < 4.78 is 15.6. The van der Waals surface area contributed by atoms with E-state index in [2.05, 4.69) is 10.3 Å². The fourth-order valence-electron chi connectivity index (χ4n) is 1.70. The van der Waals surface area contributed by atoms with Crippen molar-refractivity contribution >= 4 is 29.2 Å². The van der Waals surface area contributed by atoms with Crippen molar-refractivity contribution in [2.24, 2.45) is 10.9 Å². The summed E-state index contributed by atoms with van der Waals surface area (Å²) in [6, 6.07) is 3.53. The van der Waals surface area contributed by atoms with Crippen LogP contribution in [0.5, 0.6) is 11.5 Å². The van der Waals surface area contributed by atoms with E-state index in [0.717, 1.165) is 5.39 Å². The summed E-state index contributed by atoms with van der Waals surface area (Å²) in [5.74, 6) is 1.07. The Hall–Kier alpha value is -2.15. The Bertz CT molecular complexity index is 597. The zero-order valence-corrected chi connectivity index (χ0v) is 11.2. The first-order chi connectivity index (χ1) is 8.71. The predicted molar refractivity (Wildman–Crippen MR) is 71.5 cm³/mol. The highest BCUT2D eigenvalue weighted by atomic mass is 35.5. The summed E-state index contributed by atoms with van der Waals surface area (Å²) in [4.78, 5) is 0. The third-order valence-electron chi connectivity index (χ3n) is 2.54. The molecule has 3 N–H and O–H groups in total. The first-order valence-electron chi connectivity index (χ1n) is 5.17. The molecule has 0 saturated heterocycles. The van der Waals surface area contributed by atoms with E-state index in [-0.39, 0.29) is 24.7 Å². The standard InChI is InChI=1S/C11H13N3O4.ClH/c1-16-8-4-3-6-7(5-9(12)13-15)14-18-10(6)11(8)17-2;/h3-4,15H,5H2,1-2H3,(H2,12,13);1H. The zero-order valence-electron chi connectivity index (χ0n) is 10.4. The van der Waals surface area contributed by atoms with E-state index >= 15 is 0 Å². The van der Waals surface area contributed by atoms with Crippen molar-refractivity contribution in [3.05, 3.63) is 17.8 Å². The number of aromatic nitrogens is 1. The minimum absolute atomic E-state index is 0. The molecule has 8 heteroatoms. The molecule has 2 aromatic rings. The molecule has 1 aromatic heterocycles. The molecule has 0 saturated carbocycles. The molecule has 0 fully saturated rings. The van der Waals surface area contributed by atoms with Gasteiger partial charge in [0.1, 0.15) is 5.84 Å². The summed E-state index contributed by atoms with van der Waals surface area (Å²) in [5, 5.41) is 16.1. The second kappa shape index (κ2) is 6.14. The van der Waals surface area contributed by atoms with Crippen molar-refractivity contribution in [3.63, 3.8) is 0 Å². The Morgan fingerprint density at radius 3 is 2.74 bits per heavy atom. The van der Waals surface area contributed by atoms with Gasteiger partial charge in [-0.3, -0.25) is 0 Å². The number of amidine groups is 1. The third-order valence-corrected chi connectivity index (χ3v) is 2.54. The van der Waals surface area contributed by atoms with Gasteiger partial charge in [-0.2, -0.15) is 0 Å². The van der Waals surface area contributed by atoms with Crippen LogP contribution in [0.15, 0.2) is 21.8 Å². The van der Waals surface area contributed by atoms with E-state index in [9.17, 15) is 0 Å². The van der Waals surface area contributed by atoms with Crippen LogP contribution in [0.1, 0.15) is 5.69 Å². The van der Waals surface area contributed by atoms with Crippen molar-refractivity contribution in [1.82, 2.24) is 5.16 Å². The summed E-state index contributed by atoms with van der Waals surface area (Å²) >= 11 is 0. The number of halogens is 1. The third kappa shape index (κ3) is 2.65. The molecule has 2 rings (SSSR count). The lowest BCUT2D eigenvalue weighted by Crippen LogP contribution is -2.14. The Labute approximate surface area is 115 Å². The van der Waals surface area contributed by atoms with Crippen LogP contribution >= 0.6 is 12.4 Å². The summed E-state index contributed by atoms with van der Waals surface area (Å²) in [5.41, 5.74) is 6.48. The molecular weight excluding hydrogens is 274 g/mol. The molecule has 0 bridgehead atoms. The minimum atomic E-state index is 0.